The molecule has 0 bridgehead atoms. The van der Waals surface area contributed by atoms with E-state index in [0.29, 0.717) is 15.6 Å². The fourth-order valence-corrected chi connectivity index (χ4v) is 2.16. The van der Waals surface area contributed by atoms with Crippen LogP contribution in [0.1, 0.15) is 22.0 Å². The maximum absolute atomic E-state index is 12.2. The van der Waals surface area contributed by atoms with Crippen molar-refractivity contribution >= 4 is 27.8 Å². The highest BCUT2D eigenvalue weighted by Gasteiger charge is 2.24. The molecule has 0 spiro atoms. The van der Waals surface area contributed by atoms with Crippen molar-refractivity contribution in [1.82, 2.24) is 10.3 Å². The Kier molecular flexibility index (Phi) is 5.05. The van der Waals surface area contributed by atoms with Crippen LogP contribution in [-0.2, 0) is 9.53 Å². The lowest BCUT2D eigenvalue weighted by atomic mass is 10.1. The number of carbonyl (C=O) groups is 2. The number of hydrogen-bond acceptors (Lipinski definition) is 4. The summed E-state index contributed by atoms with van der Waals surface area (Å²) in [6.07, 6.45) is 3.01. The third kappa shape index (κ3) is 3.88. The van der Waals surface area contributed by atoms with Gasteiger partial charge in [0.1, 0.15) is 0 Å². The topological polar surface area (TPSA) is 68.3 Å². The molecule has 1 amide bonds. The van der Waals surface area contributed by atoms with E-state index in [1.165, 1.54) is 13.3 Å². The van der Waals surface area contributed by atoms with Crippen LogP contribution in [0, 0.1) is 0 Å². The fourth-order valence-electron chi connectivity index (χ4n) is 1.79. The molecule has 0 fully saturated rings. The Balaban J connectivity index is 2.23. The molecular weight excluding hydrogens is 336 g/mol. The third-order valence-electron chi connectivity index (χ3n) is 2.81. The Bertz CT molecular complexity index is 646. The second-order valence-electron chi connectivity index (χ2n) is 4.23. The smallest absolute Gasteiger partial charge is 0.333 e. The van der Waals surface area contributed by atoms with E-state index in [9.17, 15) is 9.59 Å². The van der Waals surface area contributed by atoms with Crippen molar-refractivity contribution in [2.75, 3.05) is 7.11 Å². The minimum atomic E-state index is -0.859. The van der Waals surface area contributed by atoms with E-state index in [1.807, 2.05) is 6.07 Å². The van der Waals surface area contributed by atoms with Gasteiger partial charge in [-0.15, -0.1) is 0 Å². The molecule has 1 N–H and O–H groups in total. The summed E-state index contributed by atoms with van der Waals surface area (Å²) in [4.78, 5) is 28.0. The summed E-state index contributed by atoms with van der Waals surface area (Å²) in [5, 5.41) is 2.65. The zero-order valence-electron chi connectivity index (χ0n) is 11.2. The molecule has 21 heavy (non-hydrogen) atoms. The van der Waals surface area contributed by atoms with Crippen LogP contribution in [0.15, 0.2) is 53.3 Å². The van der Waals surface area contributed by atoms with Gasteiger partial charge in [-0.25, -0.2) is 4.79 Å². The lowest BCUT2D eigenvalue weighted by molar-refractivity contribution is -0.143. The summed E-state index contributed by atoms with van der Waals surface area (Å²) in [5.74, 6) is -0.930. The first kappa shape index (κ1) is 15.2. The fraction of sp³-hybridized carbons (Fsp3) is 0.133. The highest BCUT2D eigenvalue weighted by atomic mass is 79.9. The first-order chi connectivity index (χ1) is 10.1. The van der Waals surface area contributed by atoms with E-state index in [0.717, 1.165) is 0 Å². The molecule has 5 nitrogen and oxygen atoms in total. The molecule has 0 aliphatic heterocycles. The van der Waals surface area contributed by atoms with Crippen molar-refractivity contribution < 1.29 is 14.3 Å². The quantitative estimate of drug-likeness (QED) is 0.862. The molecule has 1 aromatic carbocycles. The van der Waals surface area contributed by atoms with Crippen molar-refractivity contribution in [2.24, 2.45) is 0 Å². The molecule has 108 valence electrons. The van der Waals surface area contributed by atoms with Gasteiger partial charge < -0.3 is 10.1 Å². The molecule has 2 rings (SSSR count). The van der Waals surface area contributed by atoms with Gasteiger partial charge in [0, 0.05) is 16.9 Å². The Labute approximate surface area is 130 Å². The summed E-state index contributed by atoms with van der Waals surface area (Å²) < 4.78 is 5.43. The van der Waals surface area contributed by atoms with Crippen molar-refractivity contribution in [3.63, 3.8) is 0 Å². The molecule has 0 aliphatic carbocycles. The van der Waals surface area contributed by atoms with Gasteiger partial charge in [-0.3, -0.25) is 9.78 Å². The average molecular weight is 349 g/mol. The van der Waals surface area contributed by atoms with Crippen molar-refractivity contribution in [3.8, 4) is 0 Å². The van der Waals surface area contributed by atoms with Crippen molar-refractivity contribution in [1.29, 1.82) is 0 Å². The maximum Gasteiger partial charge on any atom is 0.333 e. The van der Waals surface area contributed by atoms with Crippen LogP contribution in [-0.4, -0.2) is 24.0 Å². The molecule has 2 aromatic rings. The van der Waals surface area contributed by atoms with Gasteiger partial charge in [-0.1, -0.05) is 30.3 Å². The van der Waals surface area contributed by atoms with Crippen LogP contribution in [0.4, 0.5) is 0 Å². The first-order valence-corrected chi connectivity index (χ1v) is 6.95. The van der Waals surface area contributed by atoms with Gasteiger partial charge in [0.25, 0.3) is 5.91 Å². The zero-order valence-corrected chi connectivity index (χ0v) is 12.8. The summed E-state index contributed by atoms with van der Waals surface area (Å²) in [7, 11) is 1.28. The number of esters is 1. The number of amides is 1. The molecule has 0 saturated heterocycles. The molecule has 1 atom stereocenters. The molecule has 6 heteroatoms. The SMILES string of the molecule is COC(=O)[C@H](NC(=O)c1cncc(Br)c1)c1ccccc1. The number of hydrogen-bond donors (Lipinski definition) is 1. The Hall–Kier alpha value is -2.21. The van der Waals surface area contributed by atoms with Crippen LogP contribution in [0.25, 0.3) is 0 Å². The molecule has 0 unspecified atom stereocenters. The summed E-state index contributed by atoms with van der Waals surface area (Å²) in [5.41, 5.74) is 1.01. The highest BCUT2D eigenvalue weighted by molar-refractivity contribution is 9.10. The van der Waals surface area contributed by atoms with E-state index in [4.69, 9.17) is 4.74 Å². The summed E-state index contributed by atoms with van der Waals surface area (Å²) >= 11 is 3.25. The minimum Gasteiger partial charge on any atom is -0.467 e. The van der Waals surface area contributed by atoms with E-state index < -0.39 is 17.9 Å². The molecule has 0 saturated carbocycles. The van der Waals surface area contributed by atoms with Gasteiger partial charge in [0.2, 0.25) is 0 Å². The van der Waals surface area contributed by atoms with Crippen LogP contribution < -0.4 is 5.32 Å². The number of benzene rings is 1. The Morgan fingerprint density at radius 2 is 1.95 bits per heavy atom. The number of ether oxygens (including phenoxy) is 1. The van der Waals surface area contributed by atoms with Gasteiger partial charge in [0.15, 0.2) is 6.04 Å². The van der Waals surface area contributed by atoms with E-state index in [2.05, 4.69) is 26.2 Å². The van der Waals surface area contributed by atoms with E-state index in [-0.39, 0.29) is 0 Å². The number of nitrogens with zero attached hydrogens (tertiary/aromatic N) is 1. The summed E-state index contributed by atoms with van der Waals surface area (Å²) in [6, 6.07) is 9.68. The number of carbonyl (C=O) groups excluding carboxylic acids is 2. The zero-order chi connectivity index (χ0) is 15.2. The van der Waals surface area contributed by atoms with Crippen LogP contribution in [0.5, 0.6) is 0 Å². The molecule has 0 radical (unpaired) electrons. The normalized spacial score (nSPS) is 11.5. The lowest BCUT2D eigenvalue weighted by Gasteiger charge is -2.16. The largest absolute Gasteiger partial charge is 0.467 e. The van der Waals surface area contributed by atoms with Gasteiger partial charge in [-0.05, 0) is 27.6 Å². The number of nitrogens with one attached hydrogen (secondary N) is 1. The second kappa shape index (κ2) is 6.99. The average Bonchev–Trinajstić information content (AvgIpc) is 2.52. The van der Waals surface area contributed by atoms with E-state index in [1.54, 1.807) is 36.5 Å². The van der Waals surface area contributed by atoms with Gasteiger partial charge >= 0.3 is 5.97 Å². The van der Waals surface area contributed by atoms with Crippen LogP contribution in [0.2, 0.25) is 0 Å². The molecular formula is C15H13BrN2O3. The van der Waals surface area contributed by atoms with E-state index >= 15 is 0 Å². The second-order valence-corrected chi connectivity index (χ2v) is 5.15. The van der Waals surface area contributed by atoms with Gasteiger partial charge in [0.05, 0.1) is 12.7 Å². The predicted molar refractivity (Wildman–Crippen MR) is 80.6 cm³/mol. The molecule has 1 aromatic heterocycles. The summed E-state index contributed by atoms with van der Waals surface area (Å²) in [6.45, 7) is 0. The highest BCUT2D eigenvalue weighted by Crippen LogP contribution is 2.16. The Morgan fingerprint density at radius 3 is 2.57 bits per heavy atom. The monoisotopic (exact) mass is 348 g/mol. The van der Waals surface area contributed by atoms with Crippen molar-refractivity contribution in [2.45, 2.75) is 6.04 Å². The van der Waals surface area contributed by atoms with Crippen molar-refractivity contribution in [3.05, 3.63) is 64.4 Å². The Morgan fingerprint density at radius 1 is 1.24 bits per heavy atom. The van der Waals surface area contributed by atoms with Crippen LogP contribution >= 0.6 is 15.9 Å². The number of aromatic nitrogens is 1. The predicted octanol–water partition coefficient (Wildman–Crippen LogP) is 2.49. The number of rotatable bonds is 4. The van der Waals surface area contributed by atoms with Gasteiger partial charge in [-0.2, -0.15) is 0 Å². The number of methoxy groups -OCH3 is 1. The third-order valence-corrected chi connectivity index (χ3v) is 3.25. The lowest BCUT2D eigenvalue weighted by Crippen LogP contribution is -2.34. The molecule has 0 aliphatic rings. The first-order valence-electron chi connectivity index (χ1n) is 6.16. The minimum absolute atomic E-state index is 0.356. The number of pyridine rings is 1. The standard InChI is InChI=1S/C15H13BrN2O3/c1-21-15(20)13(10-5-3-2-4-6-10)18-14(19)11-7-12(16)9-17-8-11/h2-9,13H,1H3,(H,18,19)/t13-/m1/s1. The number of halogens is 1. The molecule has 1 heterocycles. The maximum atomic E-state index is 12.2. The van der Waals surface area contributed by atoms with Crippen LogP contribution in [0.3, 0.4) is 0 Å².